The summed E-state index contributed by atoms with van der Waals surface area (Å²) in [6, 6.07) is 27.5. The van der Waals surface area contributed by atoms with E-state index in [1.54, 1.807) is 0 Å². The summed E-state index contributed by atoms with van der Waals surface area (Å²) in [7, 11) is 0. The molecular formula is C23H17IN2O2S. The van der Waals surface area contributed by atoms with Crippen molar-refractivity contribution in [3.8, 4) is 22.6 Å². The lowest BCUT2D eigenvalue weighted by molar-refractivity contribution is -0.113. The number of amides is 1. The Labute approximate surface area is 186 Å². The number of carbonyl (C=O) groups excluding carboxylic acids is 1. The molecule has 1 N–H and O–H groups in total. The number of hydrogen-bond donors (Lipinski definition) is 1. The lowest BCUT2D eigenvalue weighted by Crippen LogP contribution is -2.13. The zero-order valence-corrected chi connectivity index (χ0v) is 18.3. The van der Waals surface area contributed by atoms with Gasteiger partial charge in [-0.3, -0.25) is 4.79 Å². The highest BCUT2D eigenvalue weighted by Crippen LogP contribution is 2.35. The molecule has 4 rings (SSSR count). The third-order valence-corrected chi connectivity index (χ3v) is 5.69. The number of carbonyl (C=O) groups is 1. The van der Waals surface area contributed by atoms with Crippen LogP contribution >= 0.6 is 34.4 Å². The van der Waals surface area contributed by atoms with E-state index in [2.05, 4.69) is 32.9 Å². The van der Waals surface area contributed by atoms with Crippen LogP contribution in [-0.4, -0.2) is 16.6 Å². The number of rotatable bonds is 6. The van der Waals surface area contributed by atoms with Crippen LogP contribution in [0.4, 0.5) is 5.69 Å². The molecule has 0 saturated carbocycles. The van der Waals surface area contributed by atoms with Crippen LogP contribution in [-0.2, 0) is 4.79 Å². The fourth-order valence-electron chi connectivity index (χ4n) is 2.80. The number of hydrogen-bond acceptors (Lipinski definition) is 4. The van der Waals surface area contributed by atoms with Crippen molar-refractivity contribution in [3.05, 3.63) is 88.5 Å². The van der Waals surface area contributed by atoms with Gasteiger partial charge in [0.25, 0.3) is 5.22 Å². The first kappa shape index (κ1) is 19.7. The molecule has 1 aromatic heterocycles. The number of aromatic nitrogens is 1. The van der Waals surface area contributed by atoms with Gasteiger partial charge in [-0.1, -0.05) is 72.4 Å². The van der Waals surface area contributed by atoms with E-state index in [0.29, 0.717) is 11.0 Å². The molecule has 0 radical (unpaired) electrons. The summed E-state index contributed by atoms with van der Waals surface area (Å²) in [6.45, 7) is 0. The van der Waals surface area contributed by atoms with E-state index in [4.69, 9.17) is 4.42 Å². The van der Waals surface area contributed by atoms with E-state index in [-0.39, 0.29) is 11.7 Å². The normalized spacial score (nSPS) is 10.7. The quantitative estimate of drug-likeness (QED) is 0.242. The van der Waals surface area contributed by atoms with Gasteiger partial charge in [0.15, 0.2) is 5.76 Å². The molecule has 6 heteroatoms. The van der Waals surface area contributed by atoms with Gasteiger partial charge in [0.2, 0.25) is 5.91 Å². The number of nitrogens with one attached hydrogen (secondary N) is 1. The van der Waals surface area contributed by atoms with Crippen molar-refractivity contribution in [1.29, 1.82) is 0 Å². The first-order chi connectivity index (χ1) is 14.2. The lowest BCUT2D eigenvalue weighted by atomic mass is 10.1. The second-order valence-corrected chi connectivity index (χ2v) is 8.41. The number of oxazole rings is 1. The average molecular weight is 512 g/mol. The first-order valence-electron chi connectivity index (χ1n) is 8.99. The van der Waals surface area contributed by atoms with Gasteiger partial charge in [0.05, 0.1) is 5.75 Å². The van der Waals surface area contributed by atoms with E-state index in [9.17, 15) is 4.79 Å². The van der Waals surface area contributed by atoms with E-state index >= 15 is 0 Å². The summed E-state index contributed by atoms with van der Waals surface area (Å²) in [5.41, 5.74) is 3.48. The predicted octanol–water partition coefficient (Wildman–Crippen LogP) is 6.34. The van der Waals surface area contributed by atoms with Gasteiger partial charge in [0.1, 0.15) is 5.69 Å². The summed E-state index contributed by atoms with van der Waals surface area (Å²) >= 11 is 3.52. The van der Waals surface area contributed by atoms with Crippen LogP contribution in [0.5, 0.6) is 0 Å². The minimum absolute atomic E-state index is 0.100. The van der Waals surface area contributed by atoms with E-state index < -0.39 is 0 Å². The molecule has 0 spiro atoms. The predicted molar refractivity (Wildman–Crippen MR) is 126 cm³/mol. The van der Waals surface area contributed by atoms with Gasteiger partial charge in [-0.25, -0.2) is 4.98 Å². The van der Waals surface area contributed by atoms with E-state index in [0.717, 1.165) is 26.1 Å². The Morgan fingerprint density at radius 3 is 2.17 bits per heavy atom. The molecule has 4 nitrogen and oxygen atoms in total. The number of benzene rings is 3. The molecule has 0 fully saturated rings. The van der Waals surface area contributed by atoms with E-state index in [1.807, 2.05) is 84.9 Å². The third kappa shape index (κ3) is 5.07. The Morgan fingerprint density at radius 1 is 0.897 bits per heavy atom. The fraction of sp³-hybridized carbons (Fsp3) is 0.0435. The Kier molecular flexibility index (Phi) is 6.31. The van der Waals surface area contributed by atoms with Gasteiger partial charge in [-0.2, -0.15) is 0 Å². The van der Waals surface area contributed by atoms with Crippen LogP contribution in [0.3, 0.4) is 0 Å². The summed E-state index contributed by atoms with van der Waals surface area (Å²) in [4.78, 5) is 17.0. The van der Waals surface area contributed by atoms with Crippen LogP contribution in [0.15, 0.2) is 94.6 Å². The number of halogens is 1. The van der Waals surface area contributed by atoms with Crippen molar-refractivity contribution in [2.45, 2.75) is 5.22 Å². The van der Waals surface area contributed by atoms with Gasteiger partial charge in [0, 0.05) is 20.4 Å². The maximum Gasteiger partial charge on any atom is 0.257 e. The Balaban J connectivity index is 1.53. The zero-order chi connectivity index (χ0) is 20.1. The van der Waals surface area contributed by atoms with Crippen LogP contribution in [0, 0.1) is 3.57 Å². The number of nitrogens with zero attached hydrogens (tertiary/aromatic N) is 1. The van der Waals surface area contributed by atoms with Crippen molar-refractivity contribution in [2.75, 3.05) is 11.1 Å². The molecule has 0 atom stereocenters. The highest BCUT2D eigenvalue weighted by atomic mass is 127. The minimum atomic E-state index is -0.100. The maximum absolute atomic E-state index is 12.3. The van der Waals surface area contributed by atoms with Crippen molar-refractivity contribution in [1.82, 2.24) is 4.98 Å². The largest absolute Gasteiger partial charge is 0.431 e. The monoisotopic (exact) mass is 512 g/mol. The van der Waals surface area contributed by atoms with E-state index in [1.165, 1.54) is 11.8 Å². The molecule has 0 aliphatic heterocycles. The number of thioether (sulfide) groups is 1. The van der Waals surface area contributed by atoms with Gasteiger partial charge in [-0.15, -0.1) is 0 Å². The highest BCUT2D eigenvalue weighted by molar-refractivity contribution is 14.1. The molecule has 0 aliphatic carbocycles. The van der Waals surface area contributed by atoms with Crippen LogP contribution in [0.2, 0.25) is 0 Å². The van der Waals surface area contributed by atoms with Crippen molar-refractivity contribution in [3.63, 3.8) is 0 Å². The maximum atomic E-state index is 12.3. The molecule has 4 aromatic rings. The zero-order valence-electron chi connectivity index (χ0n) is 15.3. The molecular weight excluding hydrogens is 495 g/mol. The second kappa shape index (κ2) is 9.28. The topological polar surface area (TPSA) is 55.1 Å². The van der Waals surface area contributed by atoms with Crippen LogP contribution in [0.25, 0.3) is 22.6 Å². The fourth-order valence-corrected chi connectivity index (χ4v) is 3.78. The molecule has 0 bridgehead atoms. The Morgan fingerprint density at radius 2 is 1.52 bits per heavy atom. The highest BCUT2D eigenvalue weighted by Gasteiger charge is 2.18. The smallest absolute Gasteiger partial charge is 0.257 e. The molecule has 0 aliphatic rings. The summed E-state index contributed by atoms with van der Waals surface area (Å²) < 4.78 is 7.16. The molecule has 0 saturated heterocycles. The van der Waals surface area contributed by atoms with Crippen LogP contribution in [0.1, 0.15) is 0 Å². The summed E-state index contributed by atoms with van der Waals surface area (Å²) in [5, 5.41) is 3.36. The van der Waals surface area contributed by atoms with Crippen molar-refractivity contribution in [2.24, 2.45) is 0 Å². The average Bonchev–Trinajstić information content (AvgIpc) is 3.20. The third-order valence-electron chi connectivity index (χ3n) is 4.15. The molecule has 29 heavy (non-hydrogen) atoms. The molecule has 1 amide bonds. The SMILES string of the molecule is O=C(CSc1nc(-c2ccccc2)c(-c2ccccc2)o1)Nc1ccc(I)cc1. The summed E-state index contributed by atoms with van der Waals surface area (Å²) in [5.74, 6) is 0.823. The Hall–Kier alpha value is -2.58. The minimum Gasteiger partial charge on any atom is -0.431 e. The number of anilines is 1. The molecule has 3 aromatic carbocycles. The summed E-state index contributed by atoms with van der Waals surface area (Å²) in [6.07, 6.45) is 0. The second-order valence-electron chi connectivity index (χ2n) is 6.23. The Bertz CT molecular complexity index is 1040. The van der Waals surface area contributed by atoms with Gasteiger partial charge < -0.3 is 9.73 Å². The van der Waals surface area contributed by atoms with Crippen molar-refractivity contribution < 1.29 is 9.21 Å². The van der Waals surface area contributed by atoms with Crippen molar-refractivity contribution >= 4 is 45.9 Å². The molecule has 144 valence electrons. The van der Waals surface area contributed by atoms with Gasteiger partial charge in [-0.05, 0) is 46.9 Å². The molecule has 0 unspecified atom stereocenters. The lowest BCUT2D eigenvalue weighted by Gasteiger charge is -2.03. The molecule has 1 heterocycles. The van der Waals surface area contributed by atoms with Gasteiger partial charge >= 0.3 is 0 Å². The van der Waals surface area contributed by atoms with Crippen LogP contribution < -0.4 is 5.32 Å². The standard InChI is InChI=1S/C23H17IN2O2S/c24-18-11-13-19(14-12-18)25-20(27)15-29-23-26-21(16-7-3-1-4-8-16)22(28-23)17-9-5-2-6-10-17/h1-14H,15H2,(H,25,27). The first-order valence-corrected chi connectivity index (χ1v) is 11.1.